The van der Waals surface area contributed by atoms with Gasteiger partial charge in [0.2, 0.25) is 0 Å². The van der Waals surface area contributed by atoms with Crippen LogP contribution in [-0.4, -0.2) is 26.4 Å². The molecule has 134 valence electrons. The Morgan fingerprint density at radius 2 is 2.00 bits per heavy atom. The van der Waals surface area contributed by atoms with Crippen molar-refractivity contribution in [1.82, 2.24) is 19.8 Å². The Kier molecular flexibility index (Phi) is 3.81. The fraction of sp³-hybridized carbons (Fsp3) is 0.421. The first kappa shape index (κ1) is 16.0. The van der Waals surface area contributed by atoms with E-state index in [-0.39, 0.29) is 5.82 Å². The zero-order chi connectivity index (χ0) is 17.7. The van der Waals surface area contributed by atoms with Gasteiger partial charge in [-0.1, -0.05) is 23.7 Å². The van der Waals surface area contributed by atoms with Gasteiger partial charge in [0.1, 0.15) is 10.8 Å². The SMILES string of the molecule is Fc1ccc([C@H]2C[C@@H]2CNc2cnn3c(CC4CC4)nnc3c2Cl)cc1. The molecule has 5 rings (SSSR count). The number of rotatable bonds is 6. The van der Waals surface area contributed by atoms with Crippen molar-refractivity contribution in [3.63, 3.8) is 0 Å². The van der Waals surface area contributed by atoms with Gasteiger partial charge in [-0.3, -0.25) is 0 Å². The van der Waals surface area contributed by atoms with Gasteiger partial charge in [-0.15, -0.1) is 10.2 Å². The maximum atomic E-state index is 13.0. The molecule has 1 aromatic carbocycles. The predicted molar refractivity (Wildman–Crippen MR) is 98.0 cm³/mol. The maximum Gasteiger partial charge on any atom is 0.198 e. The molecule has 0 saturated heterocycles. The highest BCUT2D eigenvalue weighted by Gasteiger charge is 2.38. The number of nitrogens with zero attached hydrogens (tertiary/aromatic N) is 4. The Balaban J connectivity index is 1.26. The number of benzene rings is 1. The lowest BCUT2D eigenvalue weighted by molar-refractivity contribution is 0.627. The van der Waals surface area contributed by atoms with Crippen molar-refractivity contribution < 1.29 is 4.39 Å². The second-order valence-electron chi connectivity index (χ2n) is 7.41. The van der Waals surface area contributed by atoms with Crippen LogP contribution in [-0.2, 0) is 6.42 Å². The number of halogens is 2. The molecule has 0 bridgehead atoms. The molecule has 0 radical (unpaired) electrons. The average Bonchev–Trinajstić information content (AvgIpc) is 3.55. The smallest absolute Gasteiger partial charge is 0.198 e. The van der Waals surface area contributed by atoms with Crippen molar-refractivity contribution in [2.75, 3.05) is 11.9 Å². The minimum absolute atomic E-state index is 0.190. The van der Waals surface area contributed by atoms with Gasteiger partial charge in [0.05, 0.1) is 11.9 Å². The van der Waals surface area contributed by atoms with Crippen molar-refractivity contribution in [2.24, 2.45) is 11.8 Å². The molecule has 2 fully saturated rings. The van der Waals surface area contributed by atoms with E-state index in [1.807, 2.05) is 12.1 Å². The summed E-state index contributed by atoms with van der Waals surface area (Å²) in [6.07, 6.45) is 6.29. The van der Waals surface area contributed by atoms with Crippen LogP contribution in [0.25, 0.3) is 5.65 Å². The summed E-state index contributed by atoms with van der Waals surface area (Å²) in [5.74, 6) is 2.42. The van der Waals surface area contributed by atoms with Gasteiger partial charge in [0, 0.05) is 13.0 Å². The first-order valence-electron chi connectivity index (χ1n) is 9.07. The van der Waals surface area contributed by atoms with E-state index in [0.717, 1.165) is 36.8 Å². The van der Waals surface area contributed by atoms with E-state index in [4.69, 9.17) is 11.6 Å². The lowest BCUT2D eigenvalue weighted by atomic mass is 10.1. The Labute approximate surface area is 155 Å². The Morgan fingerprint density at radius 1 is 1.19 bits per heavy atom. The Morgan fingerprint density at radius 3 is 2.77 bits per heavy atom. The van der Waals surface area contributed by atoms with Crippen LogP contribution in [0.4, 0.5) is 10.1 Å². The molecule has 0 spiro atoms. The summed E-state index contributed by atoms with van der Waals surface area (Å²) in [6, 6.07) is 6.80. The van der Waals surface area contributed by atoms with Crippen LogP contribution in [0.1, 0.15) is 36.6 Å². The predicted octanol–water partition coefficient (Wildman–Crippen LogP) is 4.08. The van der Waals surface area contributed by atoms with E-state index in [2.05, 4.69) is 20.6 Å². The molecule has 2 saturated carbocycles. The summed E-state index contributed by atoms with van der Waals surface area (Å²) in [5, 5.41) is 16.9. The summed E-state index contributed by atoms with van der Waals surface area (Å²) in [4.78, 5) is 0. The lowest BCUT2D eigenvalue weighted by Gasteiger charge is -2.08. The fourth-order valence-corrected chi connectivity index (χ4v) is 3.76. The van der Waals surface area contributed by atoms with E-state index in [0.29, 0.717) is 22.5 Å². The molecule has 26 heavy (non-hydrogen) atoms. The van der Waals surface area contributed by atoms with Gasteiger partial charge in [-0.2, -0.15) is 9.61 Å². The van der Waals surface area contributed by atoms with Gasteiger partial charge < -0.3 is 5.32 Å². The number of hydrogen-bond donors (Lipinski definition) is 1. The van der Waals surface area contributed by atoms with E-state index < -0.39 is 0 Å². The second kappa shape index (κ2) is 6.20. The average molecular weight is 372 g/mol. The maximum absolute atomic E-state index is 13.0. The second-order valence-corrected chi connectivity index (χ2v) is 7.78. The molecule has 2 aromatic heterocycles. The van der Waals surface area contributed by atoms with Crippen LogP contribution in [0, 0.1) is 17.7 Å². The third kappa shape index (κ3) is 3.03. The lowest BCUT2D eigenvalue weighted by Crippen LogP contribution is -2.08. The molecule has 2 aliphatic rings. The molecule has 7 heteroatoms. The highest BCUT2D eigenvalue weighted by atomic mass is 35.5. The fourth-order valence-electron chi connectivity index (χ4n) is 3.53. The van der Waals surface area contributed by atoms with Crippen LogP contribution in [0.5, 0.6) is 0 Å². The number of anilines is 1. The number of nitrogens with one attached hydrogen (secondary N) is 1. The molecule has 2 atom stereocenters. The Bertz CT molecular complexity index is 950. The van der Waals surface area contributed by atoms with Crippen molar-refractivity contribution in [3.05, 3.63) is 52.7 Å². The van der Waals surface area contributed by atoms with E-state index in [1.54, 1.807) is 10.7 Å². The third-order valence-electron chi connectivity index (χ3n) is 5.38. The van der Waals surface area contributed by atoms with Gasteiger partial charge in [0.25, 0.3) is 0 Å². The minimum atomic E-state index is -0.190. The highest BCUT2D eigenvalue weighted by Crippen LogP contribution is 2.47. The molecule has 2 aliphatic carbocycles. The molecule has 1 N–H and O–H groups in total. The highest BCUT2D eigenvalue weighted by molar-refractivity contribution is 6.36. The van der Waals surface area contributed by atoms with Crippen molar-refractivity contribution >= 4 is 22.9 Å². The summed E-state index contributed by atoms with van der Waals surface area (Å²) in [7, 11) is 0. The minimum Gasteiger partial charge on any atom is -0.382 e. The largest absolute Gasteiger partial charge is 0.382 e. The van der Waals surface area contributed by atoms with Gasteiger partial charge in [0.15, 0.2) is 11.5 Å². The van der Waals surface area contributed by atoms with Gasteiger partial charge >= 0.3 is 0 Å². The van der Waals surface area contributed by atoms with Gasteiger partial charge in [-0.05, 0) is 54.7 Å². The molecule has 5 nitrogen and oxygen atoms in total. The summed E-state index contributed by atoms with van der Waals surface area (Å²) in [5.41, 5.74) is 2.59. The summed E-state index contributed by atoms with van der Waals surface area (Å²) < 4.78 is 14.8. The van der Waals surface area contributed by atoms with Crippen LogP contribution in [0.3, 0.4) is 0 Å². The van der Waals surface area contributed by atoms with Crippen molar-refractivity contribution in [1.29, 1.82) is 0 Å². The zero-order valence-corrected chi connectivity index (χ0v) is 15.0. The van der Waals surface area contributed by atoms with E-state index >= 15 is 0 Å². The van der Waals surface area contributed by atoms with E-state index in [1.165, 1.54) is 30.5 Å². The zero-order valence-electron chi connectivity index (χ0n) is 14.2. The normalized spacial score (nSPS) is 21.9. The summed E-state index contributed by atoms with van der Waals surface area (Å²) >= 11 is 6.51. The molecule has 3 aromatic rings. The number of fused-ring (bicyclic) bond motifs is 1. The molecule has 0 unspecified atom stereocenters. The molecule has 0 amide bonds. The monoisotopic (exact) mass is 371 g/mol. The molecular formula is C19H19ClFN5. The number of aromatic nitrogens is 4. The van der Waals surface area contributed by atoms with E-state index in [9.17, 15) is 4.39 Å². The number of hydrogen-bond acceptors (Lipinski definition) is 4. The topological polar surface area (TPSA) is 55.1 Å². The van der Waals surface area contributed by atoms with Crippen molar-refractivity contribution in [3.8, 4) is 0 Å². The summed E-state index contributed by atoms with van der Waals surface area (Å²) in [6.45, 7) is 0.808. The molecular weight excluding hydrogens is 353 g/mol. The van der Waals surface area contributed by atoms with Crippen molar-refractivity contribution in [2.45, 2.75) is 31.6 Å². The standard InChI is InChI=1S/C19H19ClFN5/c20-18-16(10-23-26-17(7-11-1-2-11)24-25-19(18)26)22-9-13-8-15(13)12-3-5-14(21)6-4-12/h3-6,10-11,13,15,22H,1-2,7-9H2/t13-,15-/m1/s1. The Hall–Kier alpha value is -2.21. The van der Waals surface area contributed by atoms with Crippen LogP contribution in [0.15, 0.2) is 30.5 Å². The van der Waals surface area contributed by atoms with Crippen LogP contribution < -0.4 is 5.32 Å². The van der Waals surface area contributed by atoms with Gasteiger partial charge in [-0.25, -0.2) is 4.39 Å². The quantitative estimate of drug-likeness (QED) is 0.709. The first-order chi connectivity index (χ1) is 12.7. The first-order valence-corrected chi connectivity index (χ1v) is 9.45. The van der Waals surface area contributed by atoms with Crippen LogP contribution in [0.2, 0.25) is 5.02 Å². The third-order valence-corrected chi connectivity index (χ3v) is 5.76. The molecule has 0 aliphatic heterocycles. The molecule has 2 heterocycles. The van der Waals surface area contributed by atoms with Crippen LogP contribution >= 0.6 is 11.6 Å².